The molecule has 0 aliphatic carbocycles. The van der Waals surface area contributed by atoms with E-state index in [0.29, 0.717) is 13.0 Å². The van der Waals surface area contributed by atoms with Crippen molar-refractivity contribution in [3.63, 3.8) is 0 Å². The van der Waals surface area contributed by atoms with Crippen molar-refractivity contribution in [2.24, 2.45) is 0 Å². The maximum Gasteiger partial charge on any atom is 0.330 e. The lowest BCUT2D eigenvalue weighted by atomic mass is 10.1. The summed E-state index contributed by atoms with van der Waals surface area (Å²) < 4.78 is 18.2. The molecule has 3 heterocycles. The molecule has 3 rings (SSSR count). The Morgan fingerprint density at radius 1 is 1.42 bits per heavy atom. The van der Waals surface area contributed by atoms with Gasteiger partial charge in [-0.25, -0.2) is 4.79 Å². The number of aliphatic hydroxyl groups is 2. The van der Waals surface area contributed by atoms with Crippen molar-refractivity contribution in [1.82, 2.24) is 9.55 Å². The van der Waals surface area contributed by atoms with Gasteiger partial charge in [0.2, 0.25) is 0 Å². The number of aromatic amines is 1. The Morgan fingerprint density at radius 2 is 2.21 bits per heavy atom. The highest BCUT2D eigenvalue weighted by Crippen LogP contribution is 2.33. The smallest absolute Gasteiger partial charge is 0.330 e. The summed E-state index contributed by atoms with van der Waals surface area (Å²) >= 11 is 3.06. The van der Waals surface area contributed by atoms with Crippen molar-refractivity contribution in [2.75, 3.05) is 13.2 Å². The van der Waals surface area contributed by atoms with Crippen molar-refractivity contribution in [3.05, 3.63) is 31.5 Å². The zero-order valence-electron chi connectivity index (χ0n) is 12.8. The minimum Gasteiger partial charge on any atom is -0.394 e. The van der Waals surface area contributed by atoms with Crippen LogP contribution in [0.4, 0.5) is 0 Å². The summed E-state index contributed by atoms with van der Waals surface area (Å²) in [5.41, 5.74) is -1.27. The SMILES string of the molecule is O=c1[nH]c(=O)n([C@@H]2O[C@H](CO)[C@@H](O)[C@H]2OC2CCCCO2)cc1Br. The van der Waals surface area contributed by atoms with Gasteiger partial charge in [-0.3, -0.25) is 14.3 Å². The number of hydrogen-bond donors (Lipinski definition) is 3. The molecule has 134 valence electrons. The Labute approximate surface area is 145 Å². The first kappa shape index (κ1) is 17.8. The molecule has 2 fully saturated rings. The molecular weight excluding hydrogens is 388 g/mol. The Hall–Kier alpha value is -1.04. The van der Waals surface area contributed by atoms with E-state index in [9.17, 15) is 19.8 Å². The van der Waals surface area contributed by atoms with E-state index in [2.05, 4.69) is 20.9 Å². The Balaban J connectivity index is 1.89. The van der Waals surface area contributed by atoms with Crippen LogP contribution in [0.15, 0.2) is 20.3 Å². The van der Waals surface area contributed by atoms with Crippen molar-refractivity contribution in [1.29, 1.82) is 0 Å². The summed E-state index contributed by atoms with van der Waals surface area (Å²) in [4.78, 5) is 25.7. The molecule has 0 bridgehead atoms. The molecule has 2 aliphatic rings. The normalized spacial score (nSPS) is 33.7. The van der Waals surface area contributed by atoms with E-state index in [4.69, 9.17) is 14.2 Å². The molecule has 1 unspecified atom stereocenters. The fraction of sp³-hybridized carbons (Fsp3) is 0.714. The summed E-state index contributed by atoms with van der Waals surface area (Å²) in [6.45, 7) is 0.134. The third kappa shape index (κ3) is 3.48. The molecule has 3 N–H and O–H groups in total. The van der Waals surface area contributed by atoms with Gasteiger partial charge in [-0.15, -0.1) is 0 Å². The van der Waals surface area contributed by atoms with Gasteiger partial charge in [0.05, 0.1) is 11.1 Å². The van der Waals surface area contributed by atoms with Gasteiger partial charge in [0.1, 0.15) is 18.3 Å². The largest absolute Gasteiger partial charge is 0.394 e. The minimum atomic E-state index is -1.14. The summed E-state index contributed by atoms with van der Waals surface area (Å²) in [7, 11) is 0. The summed E-state index contributed by atoms with van der Waals surface area (Å²) in [5, 5.41) is 19.7. The standard InChI is InChI=1S/C14H19BrN2O7/c15-7-5-17(14(21)16-12(7)20)13-11(10(19)8(6-18)23-13)24-9-3-1-2-4-22-9/h5,8-11,13,18-19H,1-4,6H2,(H,16,20,21)/t8-,9?,10-,11-,13-/m1/s1. The van der Waals surface area contributed by atoms with Crippen LogP contribution in [0.1, 0.15) is 25.5 Å². The molecule has 10 heteroatoms. The van der Waals surface area contributed by atoms with E-state index in [-0.39, 0.29) is 4.47 Å². The summed E-state index contributed by atoms with van der Waals surface area (Å²) in [6, 6.07) is 0. The van der Waals surface area contributed by atoms with Crippen LogP contribution in [0.25, 0.3) is 0 Å². The molecule has 2 aliphatic heterocycles. The minimum absolute atomic E-state index is 0.139. The topological polar surface area (TPSA) is 123 Å². The summed E-state index contributed by atoms with van der Waals surface area (Å²) in [6.07, 6.45) is -0.636. The Bertz CT molecular complexity index is 684. The highest BCUT2D eigenvalue weighted by Gasteiger charge is 2.47. The van der Waals surface area contributed by atoms with Crippen molar-refractivity contribution in [2.45, 2.75) is 50.1 Å². The van der Waals surface area contributed by atoms with Crippen LogP contribution < -0.4 is 11.2 Å². The molecule has 1 aromatic heterocycles. The second kappa shape index (κ2) is 7.46. The number of aromatic nitrogens is 2. The van der Waals surface area contributed by atoms with Gasteiger partial charge in [0, 0.05) is 12.8 Å². The maximum atomic E-state index is 12.1. The van der Waals surface area contributed by atoms with Crippen molar-refractivity contribution >= 4 is 15.9 Å². The molecule has 1 aromatic rings. The van der Waals surface area contributed by atoms with Gasteiger partial charge in [-0.05, 0) is 35.2 Å². The monoisotopic (exact) mass is 406 g/mol. The first-order chi connectivity index (χ1) is 11.5. The van der Waals surface area contributed by atoms with E-state index in [0.717, 1.165) is 17.4 Å². The van der Waals surface area contributed by atoms with Gasteiger partial charge in [-0.2, -0.15) is 0 Å². The quantitative estimate of drug-likeness (QED) is 0.613. The van der Waals surface area contributed by atoms with E-state index >= 15 is 0 Å². The number of aliphatic hydroxyl groups excluding tert-OH is 2. The van der Waals surface area contributed by atoms with E-state index in [1.807, 2.05) is 0 Å². The van der Waals surface area contributed by atoms with E-state index in [1.165, 1.54) is 6.20 Å². The molecule has 0 aromatic carbocycles. The van der Waals surface area contributed by atoms with Crippen molar-refractivity contribution in [3.8, 4) is 0 Å². The summed E-state index contributed by atoms with van der Waals surface area (Å²) in [5.74, 6) is 0. The second-order valence-corrected chi connectivity index (χ2v) is 6.63. The zero-order valence-corrected chi connectivity index (χ0v) is 14.3. The van der Waals surface area contributed by atoms with Crippen LogP contribution >= 0.6 is 15.9 Å². The number of nitrogens with zero attached hydrogens (tertiary/aromatic N) is 1. The number of H-pyrrole nitrogens is 1. The predicted molar refractivity (Wildman–Crippen MR) is 84.5 cm³/mol. The molecule has 24 heavy (non-hydrogen) atoms. The lowest BCUT2D eigenvalue weighted by Crippen LogP contribution is -2.42. The highest BCUT2D eigenvalue weighted by atomic mass is 79.9. The van der Waals surface area contributed by atoms with Gasteiger partial charge in [0.25, 0.3) is 5.56 Å². The third-order valence-corrected chi connectivity index (χ3v) is 4.70. The number of halogens is 1. The average Bonchev–Trinajstić information content (AvgIpc) is 2.88. The molecule has 0 radical (unpaired) electrons. The third-order valence-electron chi connectivity index (χ3n) is 4.14. The van der Waals surface area contributed by atoms with E-state index < -0.39 is 48.7 Å². The number of hydrogen-bond acceptors (Lipinski definition) is 7. The average molecular weight is 407 g/mol. The maximum absolute atomic E-state index is 12.1. The molecular formula is C14H19BrN2O7. The zero-order chi connectivity index (χ0) is 17.3. The molecule has 0 saturated carbocycles. The van der Waals surface area contributed by atoms with Crippen LogP contribution in [0.5, 0.6) is 0 Å². The first-order valence-corrected chi connectivity index (χ1v) is 8.53. The first-order valence-electron chi connectivity index (χ1n) is 7.73. The van der Waals surface area contributed by atoms with Crippen LogP contribution in [0.3, 0.4) is 0 Å². The highest BCUT2D eigenvalue weighted by molar-refractivity contribution is 9.10. The number of rotatable bonds is 4. The van der Waals surface area contributed by atoms with Gasteiger partial charge >= 0.3 is 5.69 Å². The van der Waals surface area contributed by atoms with Gasteiger partial charge in [0.15, 0.2) is 12.5 Å². The fourth-order valence-corrected chi connectivity index (χ4v) is 3.20. The fourth-order valence-electron chi connectivity index (χ4n) is 2.88. The number of ether oxygens (including phenoxy) is 3. The lowest BCUT2D eigenvalue weighted by Gasteiger charge is -2.29. The predicted octanol–water partition coefficient (Wildman–Crippen LogP) is -0.538. The van der Waals surface area contributed by atoms with Gasteiger partial charge in [-0.1, -0.05) is 0 Å². The molecule has 2 saturated heterocycles. The molecule has 9 nitrogen and oxygen atoms in total. The van der Waals surface area contributed by atoms with Gasteiger partial charge < -0.3 is 24.4 Å². The molecule has 5 atom stereocenters. The van der Waals surface area contributed by atoms with Crippen LogP contribution in [-0.2, 0) is 14.2 Å². The molecule has 0 spiro atoms. The lowest BCUT2D eigenvalue weighted by molar-refractivity contribution is -0.215. The van der Waals surface area contributed by atoms with E-state index in [1.54, 1.807) is 0 Å². The van der Waals surface area contributed by atoms with Crippen LogP contribution in [0, 0.1) is 0 Å². The second-order valence-electron chi connectivity index (χ2n) is 5.78. The Morgan fingerprint density at radius 3 is 2.88 bits per heavy atom. The van der Waals surface area contributed by atoms with Crippen molar-refractivity contribution < 1.29 is 24.4 Å². The Kier molecular flexibility index (Phi) is 5.52. The van der Waals surface area contributed by atoms with Crippen LogP contribution in [0.2, 0.25) is 0 Å². The van der Waals surface area contributed by atoms with Crippen LogP contribution in [-0.4, -0.2) is 57.6 Å². The number of nitrogens with one attached hydrogen (secondary N) is 1. The molecule has 0 amide bonds.